The minimum Gasteiger partial charge on any atom is -0.490 e. The van der Waals surface area contributed by atoms with E-state index in [-0.39, 0.29) is 5.91 Å². The van der Waals surface area contributed by atoms with Crippen LogP contribution in [-0.2, 0) is 21.0 Å². The molecular formula is C27H25ClN2O5. The van der Waals surface area contributed by atoms with Crippen LogP contribution < -0.4 is 14.4 Å². The Balaban J connectivity index is 1.43. The SMILES string of the molecule is CCOc1cc([C@@H]2[C@@H]3C(=O)N(c4cccc(Cl)c4)C(=O)[C@@H]3ON2C)ccc1OCc1ccccc1. The van der Waals surface area contributed by atoms with E-state index in [0.717, 1.165) is 11.1 Å². The van der Waals surface area contributed by atoms with Gasteiger partial charge in [0, 0.05) is 12.1 Å². The van der Waals surface area contributed by atoms with Gasteiger partial charge in [0.25, 0.3) is 5.91 Å². The van der Waals surface area contributed by atoms with Gasteiger partial charge in [0.1, 0.15) is 6.61 Å². The van der Waals surface area contributed by atoms with Crippen LogP contribution in [0, 0.1) is 5.92 Å². The van der Waals surface area contributed by atoms with Crippen molar-refractivity contribution in [3.63, 3.8) is 0 Å². The van der Waals surface area contributed by atoms with Gasteiger partial charge >= 0.3 is 0 Å². The Morgan fingerprint density at radius 2 is 1.71 bits per heavy atom. The zero-order chi connectivity index (χ0) is 24.5. The molecule has 0 spiro atoms. The third-order valence-corrected chi connectivity index (χ3v) is 6.46. The number of hydrogen-bond donors (Lipinski definition) is 0. The van der Waals surface area contributed by atoms with Gasteiger partial charge in [0.15, 0.2) is 17.6 Å². The lowest BCUT2D eigenvalue weighted by molar-refractivity contribution is -0.160. The van der Waals surface area contributed by atoms with Crippen LogP contribution in [0.1, 0.15) is 24.1 Å². The molecule has 0 saturated carbocycles. The lowest BCUT2D eigenvalue weighted by atomic mass is 9.91. The van der Waals surface area contributed by atoms with Gasteiger partial charge in [-0.2, -0.15) is 5.06 Å². The number of amides is 2. The molecule has 0 unspecified atom stereocenters. The molecule has 3 aromatic rings. The van der Waals surface area contributed by atoms with Crippen molar-refractivity contribution >= 4 is 29.1 Å². The van der Waals surface area contributed by atoms with Crippen molar-refractivity contribution in [2.24, 2.45) is 5.92 Å². The molecule has 2 fully saturated rings. The first-order chi connectivity index (χ1) is 17.0. The van der Waals surface area contributed by atoms with Gasteiger partial charge in [-0.3, -0.25) is 14.4 Å². The Hall–Kier alpha value is -3.39. The third-order valence-electron chi connectivity index (χ3n) is 6.22. The first-order valence-electron chi connectivity index (χ1n) is 11.4. The van der Waals surface area contributed by atoms with E-state index < -0.39 is 24.0 Å². The third kappa shape index (κ3) is 4.38. The summed E-state index contributed by atoms with van der Waals surface area (Å²) < 4.78 is 11.9. The Morgan fingerprint density at radius 3 is 2.46 bits per heavy atom. The molecule has 2 heterocycles. The fourth-order valence-electron chi connectivity index (χ4n) is 4.67. The topological polar surface area (TPSA) is 68.3 Å². The first-order valence-corrected chi connectivity index (χ1v) is 11.8. The standard InChI is InChI=1S/C27H25ClN2O5/c1-3-33-22-14-18(12-13-21(22)34-16-17-8-5-4-6-9-17)24-23-25(35-29(24)2)27(32)30(26(23)31)20-11-7-10-19(28)15-20/h4-15,23-25H,3,16H2,1-2H3/t23-,24+,25+/m0/s1. The van der Waals surface area contributed by atoms with E-state index in [1.807, 2.05) is 55.5 Å². The maximum Gasteiger partial charge on any atom is 0.265 e. The Bertz CT molecular complexity index is 1250. The zero-order valence-electron chi connectivity index (χ0n) is 19.4. The number of ether oxygens (including phenoxy) is 2. The zero-order valence-corrected chi connectivity index (χ0v) is 20.1. The summed E-state index contributed by atoms with van der Waals surface area (Å²) in [6.45, 7) is 2.75. The number of imide groups is 1. The van der Waals surface area contributed by atoms with Crippen LogP contribution in [0.4, 0.5) is 5.69 Å². The van der Waals surface area contributed by atoms with E-state index in [0.29, 0.717) is 35.4 Å². The molecule has 0 radical (unpaired) electrons. The van der Waals surface area contributed by atoms with Crippen LogP contribution in [0.25, 0.3) is 0 Å². The number of rotatable bonds is 7. The molecule has 2 saturated heterocycles. The summed E-state index contributed by atoms with van der Waals surface area (Å²) in [7, 11) is 1.73. The normalized spacial score (nSPS) is 21.9. The molecule has 2 amide bonds. The number of carbonyl (C=O) groups excluding carboxylic acids is 2. The summed E-state index contributed by atoms with van der Waals surface area (Å²) in [6, 6.07) is 21.7. The average molecular weight is 493 g/mol. The number of hydrogen-bond acceptors (Lipinski definition) is 6. The summed E-state index contributed by atoms with van der Waals surface area (Å²) >= 11 is 6.10. The van der Waals surface area contributed by atoms with Gasteiger partial charge < -0.3 is 9.47 Å². The van der Waals surface area contributed by atoms with E-state index in [2.05, 4.69) is 0 Å². The number of benzene rings is 3. The molecule has 3 atom stereocenters. The van der Waals surface area contributed by atoms with Crippen molar-refractivity contribution < 1.29 is 23.9 Å². The highest BCUT2D eigenvalue weighted by Crippen LogP contribution is 2.46. The lowest BCUT2D eigenvalue weighted by Crippen LogP contribution is -2.36. The maximum absolute atomic E-state index is 13.5. The molecule has 0 aliphatic carbocycles. The molecule has 5 rings (SSSR count). The van der Waals surface area contributed by atoms with Gasteiger partial charge in [0.2, 0.25) is 5.91 Å². The second-order valence-corrected chi connectivity index (χ2v) is 8.88. The quantitative estimate of drug-likeness (QED) is 0.442. The number of hydroxylamine groups is 2. The predicted molar refractivity (Wildman–Crippen MR) is 131 cm³/mol. The van der Waals surface area contributed by atoms with Gasteiger partial charge in [-0.05, 0) is 48.4 Å². The highest BCUT2D eigenvalue weighted by molar-refractivity contribution is 6.31. The molecule has 180 valence electrons. The Kier molecular flexibility index (Phi) is 6.47. The van der Waals surface area contributed by atoms with Crippen molar-refractivity contribution in [3.8, 4) is 11.5 Å². The Labute approximate surface area is 208 Å². The highest BCUT2D eigenvalue weighted by Gasteiger charge is 2.59. The lowest BCUT2D eigenvalue weighted by Gasteiger charge is -2.25. The van der Waals surface area contributed by atoms with Crippen LogP contribution in [0.3, 0.4) is 0 Å². The fourth-order valence-corrected chi connectivity index (χ4v) is 4.85. The van der Waals surface area contributed by atoms with Crippen LogP contribution >= 0.6 is 11.6 Å². The highest BCUT2D eigenvalue weighted by atomic mass is 35.5. The van der Waals surface area contributed by atoms with Crippen molar-refractivity contribution in [2.45, 2.75) is 25.7 Å². The van der Waals surface area contributed by atoms with E-state index in [1.54, 1.807) is 36.4 Å². The van der Waals surface area contributed by atoms with Crippen LogP contribution in [0.5, 0.6) is 11.5 Å². The molecule has 0 bridgehead atoms. The molecule has 35 heavy (non-hydrogen) atoms. The molecule has 2 aliphatic rings. The number of carbonyl (C=O) groups is 2. The minimum absolute atomic E-state index is 0.320. The summed E-state index contributed by atoms with van der Waals surface area (Å²) in [4.78, 5) is 33.7. The average Bonchev–Trinajstić information content (AvgIpc) is 3.32. The Morgan fingerprint density at radius 1 is 0.914 bits per heavy atom. The number of anilines is 1. The molecule has 3 aromatic carbocycles. The van der Waals surface area contributed by atoms with E-state index in [9.17, 15) is 9.59 Å². The van der Waals surface area contributed by atoms with Gasteiger partial charge in [-0.1, -0.05) is 54.1 Å². The van der Waals surface area contributed by atoms with Crippen LogP contribution in [0.15, 0.2) is 72.8 Å². The number of nitrogens with zero attached hydrogens (tertiary/aromatic N) is 2. The van der Waals surface area contributed by atoms with Crippen molar-refractivity contribution in [2.75, 3.05) is 18.6 Å². The second kappa shape index (κ2) is 9.70. The predicted octanol–water partition coefficient (Wildman–Crippen LogP) is 4.79. The summed E-state index contributed by atoms with van der Waals surface area (Å²) in [6.07, 6.45) is -0.902. The smallest absolute Gasteiger partial charge is 0.265 e. The minimum atomic E-state index is -0.902. The van der Waals surface area contributed by atoms with E-state index >= 15 is 0 Å². The molecular weight excluding hydrogens is 468 g/mol. The summed E-state index contributed by atoms with van der Waals surface area (Å²) in [5.41, 5.74) is 2.28. The fraction of sp³-hybridized carbons (Fsp3) is 0.259. The number of fused-ring (bicyclic) bond motifs is 1. The van der Waals surface area contributed by atoms with Crippen molar-refractivity contribution in [1.82, 2.24) is 5.06 Å². The summed E-state index contributed by atoms with van der Waals surface area (Å²) in [5, 5.41) is 2.03. The van der Waals surface area contributed by atoms with Crippen LogP contribution in [0.2, 0.25) is 5.02 Å². The van der Waals surface area contributed by atoms with Gasteiger partial charge in [-0.15, -0.1) is 0 Å². The van der Waals surface area contributed by atoms with E-state index in [4.69, 9.17) is 25.9 Å². The van der Waals surface area contributed by atoms with Crippen molar-refractivity contribution in [3.05, 3.63) is 88.9 Å². The molecule has 2 aliphatic heterocycles. The number of halogens is 1. The van der Waals surface area contributed by atoms with Crippen LogP contribution in [-0.4, -0.2) is 36.6 Å². The van der Waals surface area contributed by atoms with Gasteiger partial charge in [-0.25, -0.2) is 4.90 Å². The van der Waals surface area contributed by atoms with E-state index in [1.165, 1.54) is 4.90 Å². The largest absolute Gasteiger partial charge is 0.490 e. The van der Waals surface area contributed by atoms with Gasteiger partial charge in [0.05, 0.1) is 24.3 Å². The monoisotopic (exact) mass is 492 g/mol. The molecule has 0 aromatic heterocycles. The first kappa shape index (κ1) is 23.4. The maximum atomic E-state index is 13.5. The molecule has 8 heteroatoms. The molecule has 7 nitrogen and oxygen atoms in total. The van der Waals surface area contributed by atoms with Crippen molar-refractivity contribution in [1.29, 1.82) is 0 Å². The second-order valence-electron chi connectivity index (χ2n) is 8.45. The molecule has 0 N–H and O–H groups in total. The summed E-state index contributed by atoms with van der Waals surface area (Å²) in [5.74, 6) is -0.242.